The monoisotopic (exact) mass is 348 g/mol. The van der Waals surface area contributed by atoms with Crippen molar-refractivity contribution in [2.45, 2.75) is 38.3 Å². The summed E-state index contributed by atoms with van der Waals surface area (Å²) in [7, 11) is 0. The zero-order valence-corrected chi connectivity index (χ0v) is 13.7. The Hall–Kier alpha value is -2.68. The van der Waals surface area contributed by atoms with Crippen LogP contribution in [0.15, 0.2) is 27.4 Å². The molecule has 0 bridgehead atoms. The summed E-state index contributed by atoms with van der Waals surface area (Å²) < 4.78 is 6.47. The summed E-state index contributed by atoms with van der Waals surface area (Å²) in [6, 6.07) is 4.17. The van der Waals surface area contributed by atoms with Crippen LogP contribution < -0.4 is 11.5 Å². The van der Waals surface area contributed by atoms with E-state index in [2.05, 4.69) is 0 Å². The first-order valence-corrected chi connectivity index (χ1v) is 8.28. The number of nitro groups is 1. The Balaban J connectivity index is 1.67. The minimum atomic E-state index is -0.580. The average molecular weight is 348 g/mol. The molecule has 1 aliphatic heterocycles. The van der Waals surface area contributed by atoms with Crippen LogP contribution >= 0.6 is 0 Å². The third-order valence-electron chi connectivity index (χ3n) is 4.60. The van der Waals surface area contributed by atoms with Crippen molar-refractivity contribution < 1.29 is 14.1 Å². The Labute approximate surface area is 143 Å². The first kappa shape index (κ1) is 17.2. The van der Waals surface area contributed by atoms with Crippen LogP contribution in [0.25, 0.3) is 11.1 Å². The van der Waals surface area contributed by atoms with Crippen molar-refractivity contribution in [2.24, 2.45) is 5.73 Å². The van der Waals surface area contributed by atoms with Crippen molar-refractivity contribution in [3.63, 3.8) is 0 Å². The number of fused-ring (bicyclic) bond motifs is 1. The van der Waals surface area contributed by atoms with E-state index < -0.39 is 10.7 Å². The Morgan fingerprint density at radius 1 is 1.44 bits per heavy atom. The Morgan fingerprint density at radius 3 is 2.96 bits per heavy atom. The first-order valence-electron chi connectivity index (χ1n) is 8.28. The van der Waals surface area contributed by atoms with Gasteiger partial charge in [-0.25, -0.2) is 4.79 Å². The fourth-order valence-electron chi connectivity index (χ4n) is 3.32. The lowest BCUT2D eigenvalue weighted by molar-refractivity contribution is -0.384. The molecular weight excluding hydrogens is 328 g/mol. The van der Waals surface area contributed by atoms with Gasteiger partial charge in [0.05, 0.1) is 16.5 Å². The first-order chi connectivity index (χ1) is 12.0. The van der Waals surface area contributed by atoms with E-state index in [1.54, 1.807) is 0 Å². The molecule has 1 amide bonds. The van der Waals surface area contributed by atoms with Crippen molar-refractivity contribution in [3.8, 4) is 0 Å². The molecule has 3 rings (SSSR count). The molecule has 134 valence electrons. The molecule has 2 aromatic rings. The Bertz CT molecular complexity index is 856. The summed E-state index contributed by atoms with van der Waals surface area (Å²) >= 11 is 0. The topological polar surface area (TPSA) is 125 Å². The van der Waals surface area contributed by atoms with E-state index >= 15 is 0 Å². The number of nitro benzene ring substituents is 1. The fourth-order valence-corrected chi connectivity index (χ4v) is 3.32. The molecule has 9 nitrogen and oxygen atoms in total. The van der Waals surface area contributed by atoms with Crippen LogP contribution in [0.2, 0.25) is 0 Å². The molecule has 2 N–H and O–H groups in total. The molecule has 1 aromatic carbocycles. The number of oxazole rings is 1. The van der Waals surface area contributed by atoms with Gasteiger partial charge in [-0.1, -0.05) is 0 Å². The van der Waals surface area contributed by atoms with Gasteiger partial charge in [-0.05, 0) is 25.3 Å². The Morgan fingerprint density at radius 2 is 2.24 bits per heavy atom. The number of nitrogens with two attached hydrogens (primary N) is 1. The fraction of sp³-hybridized carbons (Fsp3) is 0.500. The van der Waals surface area contributed by atoms with Crippen molar-refractivity contribution in [3.05, 3.63) is 38.9 Å². The Kier molecular flexibility index (Phi) is 4.84. The number of benzene rings is 1. The van der Waals surface area contributed by atoms with Gasteiger partial charge in [0, 0.05) is 38.2 Å². The van der Waals surface area contributed by atoms with Gasteiger partial charge >= 0.3 is 5.76 Å². The van der Waals surface area contributed by atoms with E-state index in [9.17, 15) is 19.7 Å². The molecule has 1 fully saturated rings. The van der Waals surface area contributed by atoms with Crippen molar-refractivity contribution in [2.75, 3.05) is 13.1 Å². The summed E-state index contributed by atoms with van der Waals surface area (Å²) in [5.41, 5.74) is 6.21. The lowest BCUT2D eigenvalue weighted by atomic mass is 10.2. The van der Waals surface area contributed by atoms with Crippen LogP contribution in [0, 0.1) is 10.1 Å². The molecule has 1 atom stereocenters. The highest BCUT2D eigenvalue weighted by atomic mass is 16.6. The third-order valence-corrected chi connectivity index (χ3v) is 4.60. The molecule has 1 aliphatic rings. The van der Waals surface area contributed by atoms with Crippen LogP contribution in [0.1, 0.15) is 25.7 Å². The summed E-state index contributed by atoms with van der Waals surface area (Å²) in [5, 5.41) is 10.8. The highest BCUT2D eigenvalue weighted by molar-refractivity contribution is 5.77. The van der Waals surface area contributed by atoms with Gasteiger partial charge in [-0.15, -0.1) is 0 Å². The van der Waals surface area contributed by atoms with Crippen LogP contribution in [0.3, 0.4) is 0 Å². The largest absolute Gasteiger partial charge is 0.419 e. The van der Waals surface area contributed by atoms with Gasteiger partial charge in [-0.3, -0.25) is 19.5 Å². The van der Waals surface area contributed by atoms with Gasteiger partial charge in [0.15, 0.2) is 5.58 Å². The van der Waals surface area contributed by atoms with E-state index in [0.29, 0.717) is 31.4 Å². The number of aromatic nitrogens is 1. The summed E-state index contributed by atoms with van der Waals surface area (Å²) in [5.74, 6) is -0.534. The maximum absolute atomic E-state index is 12.3. The summed E-state index contributed by atoms with van der Waals surface area (Å²) in [4.78, 5) is 36.3. The van der Waals surface area contributed by atoms with Crippen LogP contribution in [-0.4, -0.2) is 39.4 Å². The summed E-state index contributed by atoms with van der Waals surface area (Å²) in [6.45, 7) is 1.52. The smallest absolute Gasteiger partial charge is 0.407 e. The normalized spacial score (nSPS) is 17.3. The van der Waals surface area contributed by atoms with Gasteiger partial charge < -0.3 is 15.1 Å². The predicted octanol–water partition coefficient (Wildman–Crippen LogP) is 1.23. The van der Waals surface area contributed by atoms with Crippen molar-refractivity contribution in [1.29, 1.82) is 0 Å². The average Bonchev–Trinajstić information content (AvgIpc) is 3.18. The second-order valence-electron chi connectivity index (χ2n) is 6.15. The molecule has 25 heavy (non-hydrogen) atoms. The second-order valence-corrected chi connectivity index (χ2v) is 6.15. The number of likely N-dealkylation sites (tertiary alicyclic amines) is 1. The SMILES string of the molecule is NCC1CCCN1C(=O)CCCn1c(=O)oc2cc([N+](=O)[O-])ccc21. The highest BCUT2D eigenvalue weighted by Gasteiger charge is 2.27. The van der Waals surface area contributed by atoms with E-state index in [0.717, 1.165) is 19.4 Å². The van der Waals surface area contributed by atoms with E-state index in [1.165, 1.54) is 22.8 Å². The molecule has 1 saturated heterocycles. The number of hydrogen-bond donors (Lipinski definition) is 1. The maximum Gasteiger partial charge on any atom is 0.419 e. The molecule has 1 aromatic heterocycles. The van der Waals surface area contributed by atoms with E-state index in [-0.39, 0.29) is 23.2 Å². The van der Waals surface area contributed by atoms with Gasteiger partial charge in [0.2, 0.25) is 5.91 Å². The standard InChI is InChI=1S/C16H20N4O5/c17-10-12-3-1-7-18(12)15(21)4-2-8-19-13-6-5-11(20(23)24)9-14(13)25-16(19)22/h5-6,9,12H,1-4,7-8,10,17H2. The molecule has 0 spiro atoms. The van der Waals surface area contributed by atoms with Crippen LogP contribution in [0.5, 0.6) is 0 Å². The van der Waals surface area contributed by atoms with Crippen LogP contribution in [-0.2, 0) is 11.3 Å². The zero-order chi connectivity index (χ0) is 18.0. The third kappa shape index (κ3) is 3.41. The molecule has 0 radical (unpaired) electrons. The lowest BCUT2D eigenvalue weighted by Gasteiger charge is -2.23. The minimum absolute atomic E-state index is 0.0458. The van der Waals surface area contributed by atoms with Crippen molar-refractivity contribution >= 4 is 22.7 Å². The van der Waals surface area contributed by atoms with Gasteiger partial charge in [-0.2, -0.15) is 0 Å². The number of nitrogens with zero attached hydrogens (tertiary/aromatic N) is 3. The number of carbonyl (C=O) groups is 1. The lowest BCUT2D eigenvalue weighted by Crippen LogP contribution is -2.39. The molecule has 9 heteroatoms. The number of rotatable bonds is 6. The van der Waals surface area contributed by atoms with E-state index in [4.69, 9.17) is 10.2 Å². The molecular formula is C16H20N4O5. The number of amides is 1. The zero-order valence-electron chi connectivity index (χ0n) is 13.7. The second kappa shape index (κ2) is 7.06. The van der Waals surface area contributed by atoms with Gasteiger partial charge in [0.1, 0.15) is 0 Å². The summed E-state index contributed by atoms with van der Waals surface area (Å²) in [6.07, 6.45) is 2.71. The number of hydrogen-bond acceptors (Lipinski definition) is 6. The molecule has 2 heterocycles. The molecule has 0 saturated carbocycles. The van der Waals surface area contributed by atoms with Crippen LogP contribution in [0.4, 0.5) is 5.69 Å². The number of non-ortho nitro benzene ring substituents is 1. The maximum atomic E-state index is 12.3. The number of carbonyl (C=O) groups excluding carboxylic acids is 1. The number of aryl methyl sites for hydroxylation is 1. The highest BCUT2D eigenvalue weighted by Crippen LogP contribution is 2.21. The molecule has 0 aliphatic carbocycles. The minimum Gasteiger partial charge on any atom is -0.407 e. The van der Waals surface area contributed by atoms with Crippen molar-refractivity contribution in [1.82, 2.24) is 9.47 Å². The quantitative estimate of drug-likeness (QED) is 0.618. The predicted molar refractivity (Wildman–Crippen MR) is 90.2 cm³/mol. The van der Waals surface area contributed by atoms with Gasteiger partial charge in [0.25, 0.3) is 5.69 Å². The van der Waals surface area contributed by atoms with E-state index in [1.807, 2.05) is 4.90 Å². The molecule has 1 unspecified atom stereocenters.